The van der Waals surface area contributed by atoms with E-state index < -0.39 is 16.8 Å². The van der Waals surface area contributed by atoms with Crippen molar-refractivity contribution in [2.24, 2.45) is 0 Å². The first-order valence-corrected chi connectivity index (χ1v) is 21.1. The monoisotopic (exact) mass is 812 g/mol. The molecule has 2 N–H and O–H groups in total. The molecule has 4 aromatic carbocycles. The van der Waals surface area contributed by atoms with Crippen molar-refractivity contribution in [1.29, 1.82) is 0 Å². The third kappa shape index (κ3) is 8.97. The number of aryl methyl sites for hydroxylation is 2. The molecule has 8 aromatic rings. The van der Waals surface area contributed by atoms with Crippen LogP contribution in [0.2, 0.25) is 0 Å². The van der Waals surface area contributed by atoms with Crippen LogP contribution < -0.4 is 9.47 Å². The predicted octanol–water partition coefficient (Wildman–Crippen LogP) is 12.1. The number of aromatic nitrogens is 4. The lowest BCUT2D eigenvalue weighted by atomic mass is 9.95. The van der Waals surface area contributed by atoms with Gasteiger partial charge in [-0.15, -0.1) is 0 Å². The SMILES string of the molecule is Cc1cc2ncc(-c3ccc(OC(C)(C)CCC(C)Oc4ccc(-c5cn6c(-c7ccc(C(C)(C)O)cc7)cnc6cc5C)cc4)cc3)n2cc1-c1ccc(C(C)(C)O)cc1. The summed E-state index contributed by atoms with van der Waals surface area (Å²) in [6.45, 7) is 17.8. The van der Waals surface area contributed by atoms with Crippen molar-refractivity contribution in [3.8, 4) is 56.3 Å². The number of pyridine rings is 2. The first kappa shape index (κ1) is 41.5. The van der Waals surface area contributed by atoms with Gasteiger partial charge in [-0.05, 0) is 157 Å². The largest absolute Gasteiger partial charge is 0.491 e. The average Bonchev–Trinajstić information content (AvgIpc) is 3.83. The first-order chi connectivity index (χ1) is 28.9. The van der Waals surface area contributed by atoms with E-state index in [1.807, 2.05) is 73.1 Å². The van der Waals surface area contributed by atoms with E-state index in [4.69, 9.17) is 14.5 Å². The summed E-state index contributed by atoms with van der Waals surface area (Å²) in [5.41, 5.74) is 12.2. The van der Waals surface area contributed by atoms with Gasteiger partial charge < -0.3 is 19.7 Å². The second-order valence-electron chi connectivity index (χ2n) is 18.1. The standard InChI is InChI=1S/C53H56N4O4/c1-34-28-50-55-31-48(57(50)32-45(34)37-10-18-41(19-11-37)52(6,7)58)40-16-24-44(25-17-40)61-51(4,5)27-26-36(3)60-43-22-14-38(15-23-43)46-33-56-47(30-54-49(56)29-35(46)2)39-12-20-42(21-13-39)53(8,9)59/h10-25,28-33,36,58-59H,26-27H2,1-9H3. The van der Waals surface area contributed by atoms with Crippen LogP contribution in [0.25, 0.3) is 56.1 Å². The Kier molecular flexibility index (Phi) is 10.9. The maximum Gasteiger partial charge on any atom is 0.137 e. The van der Waals surface area contributed by atoms with Gasteiger partial charge in [-0.25, -0.2) is 9.97 Å². The average molecular weight is 813 g/mol. The van der Waals surface area contributed by atoms with Crippen molar-refractivity contribution in [3.05, 3.63) is 156 Å². The van der Waals surface area contributed by atoms with E-state index >= 15 is 0 Å². The molecule has 1 unspecified atom stereocenters. The number of fused-ring (bicyclic) bond motifs is 2. The Morgan fingerprint density at radius 3 is 1.39 bits per heavy atom. The molecule has 0 saturated carbocycles. The molecule has 8 heteroatoms. The Morgan fingerprint density at radius 1 is 0.557 bits per heavy atom. The summed E-state index contributed by atoms with van der Waals surface area (Å²) in [7, 11) is 0. The van der Waals surface area contributed by atoms with Crippen LogP contribution in [0.4, 0.5) is 0 Å². The lowest BCUT2D eigenvalue weighted by molar-refractivity contribution is 0.0780. The van der Waals surface area contributed by atoms with Gasteiger partial charge in [-0.2, -0.15) is 0 Å². The number of aliphatic hydroxyl groups is 2. The van der Waals surface area contributed by atoms with Gasteiger partial charge in [0.2, 0.25) is 0 Å². The predicted molar refractivity (Wildman–Crippen MR) is 246 cm³/mol. The van der Waals surface area contributed by atoms with Crippen LogP contribution in [0.5, 0.6) is 11.5 Å². The van der Waals surface area contributed by atoms with Gasteiger partial charge in [-0.3, -0.25) is 8.80 Å². The molecule has 0 fully saturated rings. The van der Waals surface area contributed by atoms with Crippen LogP contribution in [-0.2, 0) is 11.2 Å². The summed E-state index contributed by atoms with van der Waals surface area (Å²) < 4.78 is 17.2. The summed E-state index contributed by atoms with van der Waals surface area (Å²) >= 11 is 0. The van der Waals surface area contributed by atoms with Gasteiger partial charge in [0.25, 0.3) is 0 Å². The Labute approximate surface area is 359 Å². The Hall–Kier alpha value is -6.22. The fourth-order valence-electron chi connectivity index (χ4n) is 8.00. The molecule has 0 spiro atoms. The summed E-state index contributed by atoms with van der Waals surface area (Å²) in [6.07, 6.45) is 9.76. The first-order valence-electron chi connectivity index (χ1n) is 21.1. The minimum Gasteiger partial charge on any atom is -0.491 e. The van der Waals surface area contributed by atoms with Crippen LogP contribution in [0.3, 0.4) is 0 Å². The van der Waals surface area contributed by atoms with Crippen LogP contribution in [0, 0.1) is 13.8 Å². The van der Waals surface area contributed by atoms with Gasteiger partial charge in [0, 0.05) is 34.6 Å². The van der Waals surface area contributed by atoms with Gasteiger partial charge in [0.05, 0.1) is 41.1 Å². The minimum absolute atomic E-state index is 0.00590. The van der Waals surface area contributed by atoms with Crippen molar-refractivity contribution in [1.82, 2.24) is 18.8 Å². The number of imidazole rings is 2. The van der Waals surface area contributed by atoms with E-state index in [1.165, 1.54) is 0 Å². The highest BCUT2D eigenvalue weighted by atomic mass is 16.5. The van der Waals surface area contributed by atoms with E-state index in [0.29, 0.717) is 0 Å². The van der Waals surface area contributed by atoms with Crippen LogP contribution >= 0.6 is 0 Å². The smallest absolute Gasteiger partial charge is 0.137 e. The summed E-state index contributed by atoms with van der Waals surface area (Å²) in [5.74, 6) is 1.65. The van der Waals surface area contributed by atoms with Crippen LogP contribution in [0.1, 0.15) is 83.6 Å². The zero-order chi connectivity index (χ0) is 43.3. The van der Waals surface area contributed by atoms with Gasteiger partial charge in [0.1, 0.15) is 28.4 Å². The second kappa shape index (κ2) is 16.0. The number of nitrogens with zero attached hydrogens (tertiary/aromatic N) is 4. The molecule has 0 aliphatic rings. The van der Waals surface area contributed by atoms with Crippen molar-refractivity contribution in [2.75, 3.05) is 0 Å². The third-order valence-corrected chi connectivity index (χ3v) is 11.7. The maximum absolute atomic E-state index is 10.4. The number of benzene rings is 4. The highest BCUT2D eigenvalue weighted by Crippen LogP contribution is 2.34. The van der Waals surface area contributed by atoms with E-state index in [0.717, 1.165) is 103 Å². The molecule has 0 bridgehead atoms. The van der Waals surface area contributed by atoms with Gasteiger partial charge >= 0.3 is 0 Å². The van der Waals surface area contributed by atoms with E-state index in [1.54, 1.807) is 27.7 Å². The Bertz CT molecular complexity index is 2800. The fourth-order valence-corrected chi connectivity index (χ4v) is 8.00. The summed E-state index contributed by atoms with van der Waals surface area (Å²) in [4.78, 5) is 9.40. The van der Waals surface area contributed by atoms with E-state index in [-0.39, 0.29) is 6.10 Å². The molecule has 0 saturated heterocycles. The normalized spacial score (nSPS) is 12.9. The fraction of sp³-hybridized carbons (Fsp3) is 0.283. The summed E-state index contributed by atoms with van der Waals surface area (Å²) in [5, 5.41) is 20.8. The molecule has 0 aliphatic heterocycles. The second-order valence-corrected chi connectivity index (χ2v) is 18.1. The molecule has 8 nitrogen and oxygen atoms in total. The Balaban J connectivity index is 0.889. The quantitative estimate of drug-likeness (QED) is 0.120. The molecular formula is C53H56N4O4. The molecule has 312 valence electrons. The van der Waals surface area contributed by atoms with Crippen molar-refractivity contribution >= 4 is 11.3 Å². The zero-order valence-electron chi connectivity index (χ0n) is 36.7. The third-order valence-electron chi connectivity index (χ3n) is 11.7. The molecule has 8 rings (SSSR count). The van der Waals surface area contributed by atoms with Gasteiger partial charge in [-0.1, -0.05) is 60.7 Å². The molecule has 61 heavy (non-hydrogen) atoms. The lowest BCUT2D eigenvalue weighted by Crippen LogP contribution is -2.30. The lowest BCUT2D eigenvalue weighted by Gasteiger charge is -2.28. The zero-order valence-corrected chi connectivity index (χ0v) is 36.7. The van der Waals surface area contributed by atoms with Crippen molar-refractivity contribution in [2.45, 2.75) is 98.1 Å². The highest BCUT2D eigenvalue weighted by Gasteiger charge is 2.23. The molecule has 0 radical (unpaired) electrons. The number of hydrogen-bond acceptors (Lipinski definition) is 6. The van der Waals surface area contributed by atoms with E-state index in [2.05, 4.69) is 109 Å². The van der Waals surface area contributed by atoms with Crippen molar-refractivity contribution in [3.63, 3.8) is 0 Å². The minimum atomic E-state index is -0.892. The molecule has 0 amide bonds. The number of ether oxygens (including phenoxy) is 2. The highest BCUT2D eigenvalue weighted by molar-refractivity contribution is 5.74. The molecular weight excluding hydrogens is 757 g/mol. The number of rotatable bonds is 13. The van der Waals surface area contributed by atoms with Crippen LogP contribution in [-0.4, -0.2) is 40.7 Å². The van der Waals surface area contributed by atoms with Gasteiger partial charge in [0.15, 0.2) is 0 Å². The van der Waals surface area contributed by atoms with E-state index in [9.17, 15) is 10.2 Å². The number of hydrogen-bond donors (Lipinski definition) is 2. The topological polar surface area (TPSA) is 93.5 Å². The molecule has 1 atom stereocenters. The molecule has 4 aromatic heterocycles. The van der Waals surface area contributed by atoms with Crippen LogP contribution in [0.15, 0.2) is 134 Å². The molecule has 0 aliphatic carbocycles. The summed E-state index contributed by atoms with van der Waals surface area (Å²) in [6, 6.07) is 37.0. The van der Waals surface area contributed by atoms with Crippen molar-refractivity contribution < 1.29 is 19.7 Å². The molecule has 4 heterocycles. The Morgan fingerprint density at radius 2 is 0.951 bits per heavy atom. The maximum atomic E-state index is 10.4.